The normalized spacial score (nSPS) is 11.8. The number of aromatic nitrogens is 1. The molecule has 1 N–H and O–H groups in total. The maximum Gasteiger partial charge on any atom is 0.270 e. The molecule has 1 atom stereocenters. The second-order valence-electron chi connectivity index (χ2n) is 7.22. The molecule has 0 aliphatic heterocycles. The molecule has 6 heteroatoms. The van der Waals surface area contributed by atoms with Gasteiger partial charge in [-0.05, 0) is 24.8 Å². The fraction of sp³-hybridized carbons (Fsp3) is 0.522. The molecule has 2 aromatic rings. The molecule has 0 radical (unpaired) electrons. The fourth-order valence-electron chi connectivity index (χ4n) is 3.20. The van der Waals surface area contributed by atoms with Gasteiger partial charge in [-0.25, -0.2) is 4.98 Å². The highest BCUT2D eigenvalue weighted by Crippen LogP contribution is 2.24. The Kier molecular flexibility index (Phi) is 9.84. The second kappa shape index (κ2) is 12.4. The number of thiazole rings is 1. The van der Waals surface area contributed by atoms with Crippen molar-refractivity contribution in [1.82, 2.24) is 15.2 Å². The summed E-state index contributed by atoms with van der Waals surface area (Å²) in [5, 5.41) is 5.49. The number of carbonyl (C=O) groups is 2. The lowest BCUT2D eigenvalue weighted by molar-refractivity contribution is -0.133. The van der Waals surface area contributed by atoms with Crippen LogP contribution < -0.4 is 5.32 Å². The SMILES string of the molecule is CCCCNC(=O)c1csc(CN(CCCC)C(=O)C(CC)c2ccccc2)n1. The smallest absolute Gasteiger partial charge is 0.270 e. The number of carbonyl (C=O) groups excluding carboxylic acids is 2. The van der Waals surface area contributed by atoms with Crippen molar-refractivity contribution in [2.75, 3.05) is 13.1 Å². The first-order valence-corrected chi connectivity index (χ1v) is 11.5. The summed E-state index contributed by atoms with van der Waals surface area (Å²) in [6, 6.07) is 9.97. The minimum absolute atomic E-state index is 0.135. The van der Waals surface area contributed by atoms with Gasteiger partial charge in [0.25, 0.3) is 5.91 Å². The lowest BCUT2D eigenvalue weighted by Crippen LogP contribution is -2.35. The maximum atomic E-state index is 13.3. The highest BCUT2D eigenvalue weighted by atomic mass is 32.1. The molecule has 0 aliphatic rings. The van der Waals surface area contributed by atoms with Gasteiger partial charge in [-0.15, -0.1) is 11.3 Å². The van der Waals surface area contributed by atoms with E-state index in [0.717, 1.165) is 42.7 Å². The van der Waals surface area contributed by atoms with Crippen LogP contribution >= 0.6 is 11.3 Å². The summed E-state index contributed by atoms with van der Waals surface area (Å²) in [7, 11) is 0. The minimum Gasteiger partial charge on any atom is -0.351 e. The van der Waals surface area contributed by atoms with E-state index in [4.69, 9.17) is 0 Å². The van der Waals surface area contributed by atoms with Crippen LogP contribution in [-0.4, -0.2) is 34.8 Å². The zero-order chi connectivity index (χ0) is 21.1. The van der Waals surface area contributed by atoms with Crippen LogP contribution in [0.3, 0.4) is 0 Å². The highest BCUT2D eigenvalue weighted by Gasteiger charge is 2.25. The summed E-state index contributed by atoms with van der Waals surface area (Å²) in [4.78, 5) is 31.9. The average molecular weight is 416 g/mol. The summed E-state index contributed by atoms with van der Waals surface area (Å²) >= 11 is 1.45. The molecule has 1 heterocycles. The number of unbranched alkanes of at least 4 members (excludes halogenated alkanes) is 2. The Morgan fingerprint density at radius 2 is 1.83 bits per heavy atom. The number of hydrogen-bond donors (Lipinski definition) is 1. The van der Waals surface area contributed by atoms with Crippen molar-refractivity contribution in [1.29, 1.82) is 0 Å². The first-order chi connectivity index (χ1) is 14.1. The van der Waals surface area contributed by atoms with E-state index in [-0.39, 0.29) is 17.7 Å². The standard InChI is InChI=1S/C23H33N3O2S/c1-4-7-14-24-22(27)20-17-29-21(25-20)16-26(15-8-5-2)23(28)19(6-3)18-12-10-9-11-13-18/h9-13,17,19H,4-8,14-16H2,1-3H3,(H,24,27). The van der Waals surface area contributed by atoms with Crippen LogP contribution in [0.4, 0.5) is 0 Å². The third kappa shape index (κ3) is 6.96. The molecule has 0 saturated heterocycles. The molecule has 5 nitrogen and oxygen atoms in total. The molecule has 2 rings (SSSR count). The van der Waals surface area contributed by atoms with Crippen molar-refractivity contribution < 1.29 is 9.59 Å². The van der Waals surface area contributed by atoms with Crippen LogP contribution in [0.1, 0.15) is 79.9 Å². The average Bonchev–Trinajstić information content (AvgIpc) is 3.21. The Balaban J connectivity index is 2.10. The largest absolute Gasteiger partial charge is 0.351 e. The van der Waals surface area contributed by atoms with E-state index < -0.39 is 0 Å². The second-order valence-corrected chi connectivity index (χ2v) is 8.16. The summed E-state index contributed by atoms with van der Waals surface area (Å²) < 4.78 is 0. The van der Waals surface area contributed by atoms with E-state index in [0.29, 0.717) is 25.3 Å². The van der Waals surface area contributed by atoms with Crippen molar-refractivity contribution in [3.05, 3.63) is 52.0 Å². The van der Waals surface area contributed by atoms with Gasteiger partial charge in [0.05, 0.1) is 12.5 Å². The topological polar surface area (TPSA) is 62.3 Å². The van der Waals surface area contributed by atoms with Crippen molar-refractivity contribution in [2.45, 2.75) is 65.3 Å². The van der Waals surface area contributed by atoms with Crippen molar-refractivity contribution in [3.63, 3.8) is 0 Å². The Hall–Kier alpha value is -2.21. The molecule has 29 heavy (non-hydrogen) atoms. The predicted molar refractivity (Wildman–Crippen MR) is 119 cm³/mol. The number of hydrogen-bond acceptors (Lipinski definition) is 4. The molecule has 1 unspecified atom stereocenters. The maximum absolute atomic E-state index is 13.3. The Labute approximate surface area is 178 Å². The van der Waals surface area contributed by atoms with E-state index in [1.807, 2.05) is 35.2 Å². The molecule has 0 aliphatic carbocycles. The zero-order valence-corrected chi connectivity index (χ0v) is 18.6. The first kappa shape index (κ1) is 23.1. The predicted octanol–water partition coefficient (Wildman–Crippen LogP) is 5.00. The molecular formula is C23H33N3O2S. The van der Waals surface area contributed by atoms with Gasteiger partial charge in [-0.1, -0.05) is 63.9 Å². The summed E-state index contributed by atoms with van der Waals surface area (Å²) in [5.41, 5.74) is 1.50. The van der Waals surface area contributed by atoms with Gasteiger partial charge in [-0.2, -0.15) is 0 Å². The van der Waals surface area contributed by atoms with E-state index in [9.17, 15) is 9.59 Å². The molecule has 0 spiro atoms. The van der Waals surface area contributed by atoms with Gasteiger partial charge in [0.15, 0.2) is 0 Å². The Morgan fingerprint density at radius 1 is 1.10 bits per heavy atom. The van der Waals surface area contributed by atoms with E-state index in [2.05, 4.69) is 31.1 Å². The van der Waals surface area contributed by atoms with Crippen LogP contribution in [-0.2, 0) is 11.3 Å². The number of benzene rings is 1. The van der Waals surface area contributed by atoms with Crippen LogP contribution in [0.25, 0.3) is 0 Å². The van der Waals surface area contributed by atoms with Gasteiger partial charge in [-0.3, -0.25) is 9.59 Å². The molecule has 158 valence electrons. The quantitative estimate of drug-likeness (QED) is 0.497. The lowest BCUT2D eigenvalue weighted by atomic mass is 9.95. The Bertz CT molecular complexity index is 760. The van der Waals surface area contributed by atoms with Crippen LogP contribution in [0.2, 0.25) is 0 Å². The number of amides is 2. The van der Waals surface area contributed by atoms with Crippen molar-refractivity contribution >= 4 is 23.2 Å². The molecule has 1 aromatic carbocycles. The third-order valence-electron chi connectivity index (χ3n) is 4.93. The summed E-state index contributed by atoms with van der Waals surface area (Å²) in [6.45, 7) is 8.09. The van der Waals surface area contributed by atoms with Crippen molar-refractivity contribution in [2.24, 2.45) is 0 Å². The Morgan fingerprint density at radius 3 is 2.48 bits per heavy atom. The van der Waals surface area contributed by atoms with Gasteiger partial charge >= 0.3 is 0 Å². The van der Waals surface area contributed by atoms with Gasteiger partial charge in [0.1, 0.15) is 10.7 Å². The zero-order valence-electron chi connectivity index (χ0n) is 17.8. The molecular weight excluding hydrogens is 382 g/mol. The number of nitrogens with one attached hydrogen (secondary N) is 1. The van der Waals surface area contributed by atoms with Gasteiger partial charge < -0.3 is 10.2 Å². The third-order valence-corrected chi connectivity index (χ3v) is 5.76. The van der Waals surface area contributed by atoms with Crippen LogP contribution in [0.15, 0.2) is 35.7 Å². The lowest BCUT2D eigenvalue weighted by Gasteiger charge is -2.26. The van der Waals surface area contributed by atoms with Crippen LogP contribution in [0.5, 0.6) is 0 Å². The first-order valence-electron chi connectivity index (χ1n) is 10.7. The molecule has 1 aromatic heterocycles. The minimum atomic E-state index is -0.148. The van der Waals surface area contributed by atoms with Crippen molar-refractivity contribution in [3.8, 4) is 0 Å². The van der Waals surface area contributed by atoms with E-state index >= 15 is 0 Å². The summed E-state index contributed by atoms with van der Waals surface area (Å²) in [5.74, 6) is -0.149. The monoisotopic (exact) mass is 415 g/mol. The van der Waals surface area contributed by atoms with E-state index in [1.54, 1.807) is 5.38 Å². The fourth-order valence-corrected chi connectivity index (χ4v) is 3.98. The summed E-state index contributed by atoms with van der Waals surface area (Å²) in [6.07, 6.45) is 4.73. The highest BCUT2D eigenvalue weighted by molar-refractivity contribution is 7.09. The van der Waals surface area contributed by atoms with Crippen LogP contribution in [0, 0.1) is 0 Å². The molecule has 0 fully saturated rings. The van der Waals surface area contributed by atoms with Gasteiger partial charge in [0.2, 0.25) is 5.91 Å². The van der Waals surface area contributed by atoms with E-state index in [1.165, 1.54) is 11.3 Å². The number of nitrogens with zero attached hydrogens (tertiary/aromatic N) is 2. The molecule has 0 saturated carbocycles. The molecule has 0 bridgehead atoms. The number of rotatable bonds is 12. The van der Waals surface area contributed by atoms with Gasteiger partial charge in [0, 0.05) is 18.5 Å². The molecule has 2 amide bonds.